The van der Waals surface area contributed by atoms with Crippen molar-refractivity contribution in [3.05, 3.63) is 0 Å². The summed E-state index contributed by atoms with van der Waals surface area (Å²) in [5, 5.41) is 3.39. The molecule has 0 unspecified atom stereocenters. The number of nitrogens with one attached hydrogen (secondary N) is 1. The molecule has 2 aliphatic rings. The topological polar surface area (TPSA) is 41.6 Å². The number of hydrogen-bond donors (Lipinski definition) is 1. The molecule has 100 valence electrons. The lowest BCUT2D eigenvalue weighted by Crippen LogP contribution is -2.40. The molecule has 0 saturated carbocycles. The maximum atomic E-state index is 11.8. The number of likely N-dealkylation sites (tertiary alicyclic amines) is 1. The highest BCUT2D eigenvalue weighted by Crippen LogP contribution is 2.38. The zero-order valence-corrected chi connectivity index (χ0v) is 11.4. The lowest BCUT2D eigenvalue weighted by molar-refractivity contribution is -0.135. The van der Waals surface area contributed by atoms with Crippen LogP contribution in [-0.4, -0.2) is 50.2 Å². The molecule has 0 aromatic carbocycles. The zero-order chi connectivity index (χ0) is 11.4. The maximum Gasteiger partial charge on any atom is 0.248 e. The van der Waals surface area contributed by atoms with Gasteiger partial charge in [0.15, 0.2) is 0 Å². The molecule has 0 atom stereocenters. The maximum absolute atomic E-state index is 11.8. The fourth-order valence-corrected chi connectivity index (χ4v) is 2.79. The van der Waals surface area contributed by atoms with Gasteiger partial charge in [0.2, 0.25) is 5.91 Å². The van der Waals surface area contributed by atoms with Gasteiger partial charge in [-0.25, -0.2) is 0 Å². The zero-order valence-electron chi connectivity index (χ0n) is 10.5. The van der Waals surface area contributed by atoms with Gasteiger partial charge in [0, 0.05) is 19.7 Å². The van der Waals surface area contributed by atoms with Gasteiger partial charge in [-0.2, -0.15) is 0 Å². The predicted molar refractivity (Wildman–Crippen MR) is 69.5 cm³/mol. The second-order valence-electron chi connectivity index (χ2n) is 4.95. The van der Waals surface area contributed by atoms with Crippen molar-refractivity contribution in [2.45, 2.75) is 26.2 Å². The molecule has 2 aliphatic heterocycles. The fourth-order valence-electron chi connectivity index (χ4n) is 2.79. The monoisotopic (exact) mass is 262 g/mol. The van der Waals surface area contributed by atoms with Gasteiger partial charge in [-0.05, 0) is 44.7 Å². The van der Waals surface area contributed by atoms with E-state index in [4.69, 9.17) is 4.74 Å². The van der Waals surface area contributed by atoms with E-state index in [0.29, 0.717) is 12.0 Å². The van der Waals surface area contributed by atoms with Crippen LogP contribution in [-0.2, 0) is 9.53 Å². The molecule has 2 saturated heterocycles. The molecule has 4 nitrogen and oxygen atoms in total. The molecule has 17 heavy (non-hydrogen) atoms. The van der Waals surface area contributed by atoms with Crippen LogP contribution >= 0.6 is 12.4 Å². The highest BCUT2D eigenvalue weighted by Gasteiger charge is 2.40. The van der Waals surface area contributed by atoms with E-state index in [1.165, 1.54) is 19.3 Å². The van der Waals surface area contributed by atoms with E-state index in [-0.39, 0.29) is 24.9 Å². The van der Waals surface area contributed by atoms with E-state index >= 15 is 0 Å². The Hall–Kier alpha value is -0.320. The van der Waals surface area contributed by atoms with Gasteiger partial charge in [-0.3, -0.25) is 4.79 Å². The first-order valence-corrected chi connectivity index (χ1v) is 6.32. The highest BCUT2D eigenvalue weighted by atomic mass is 35.5. The average Bonchev–Trinajstić information content (AvgIpc) is 2.71. The number of hydrogen-bond acceptors (Lipinski definition) is 3. The standard InChI is InChI=1S/C12H22N2O2.ClH/c1-2-16-9-11(15)14-8-5-12(10-14)3-6-13-7-4-12;/h13H,2-10H2,1H3;1H. The van der Waals surface area contributed by atoms with Crippen molar-refractivity contribution >= 4 is 18.3 Å². The summed E-state index contributed by atoms with van der Waals surface area (Å²) in [7, 11) is 0. The first-order chi connectivity index (χ1) is 7.76. The van der Waals surface area contributed by atoms with Crippen LogP contribution < -0.4 is 5.32 Å². The van der Waals surface area contributed by atoms with Crippen LogP contribution in [0.3, 0.4) is 0 Å². The normalized spacial score (nSPS) is 22.5. The summed E-state index contributed by atoms with van der Waals surface area (Å²) in [6.07, 6.45) is 3.60. The van der Waals surface area contributed by atoms with E-state index in [2.05, 4.69) is 5.32 Å². The van der Waals surface area contributed by atoms with Gasteiger partial charge < -0.3 is 15.0 Å². The summed E-state index contributed by atoms with van der Waals surface area (Å²) in [5.74, 6) is 0.164. The predicted octanol–water partition coefficient (Wildman–Crippen LogP) is 1.05. The number of ether oxygens (including phenoxy) is 1. The van der Waals surface area contributed by atoms with Crippen LogP contribution in [0.15, 0.2) is 0 Å². The van der Waals surface area contributed by atoms with Crippen LogP contribution in [0.1, 0.15) is 26.2 Å². The molecule has 0 aliphatic carbocycles. The Morgan fingerprint density at radius 2 is 2.06 bits per heavy atom. The summed E-state index contributed by atoms with van der Waals surface area (Å²) in [6, 6.07) is 0. The minimum Gasteiger partial charge on any atom is -0.372 e. The highest BCUT2D eigenvalue weighted by molar-refractivity contribution is 5.85. The number of rotatable bonds is 3. The SMILES string of the molecule is CCOCC(=O)N1CCC2(CCNCC2)C1.Cl. The number of piperidine rings is 1. The summed E-state index contributed by atoms with van der Waals surface area (Å²) in [6.45, 7) is 6.87. The van der Waals surface area contributed by atoms with Crippen molar-refractivity contribution in [3.63, 3.8) is 0 Å². The molecule has 1 amide bonds. The minimum absolute atomic E-state index is 0. The second-order valence-corrected chi connectivity index (χ2v) is 4.95. The van der Waals surface area contributed by atoms with E-state index in [0.717, 1.165) is 26.2 Å². The summed E-state index contributed by atoms with van der Waals surface area (Å²) < 4.78 is 5.18. The number of nitrogens with zero attached hydrogens (tertiary/aromatic N) is 1. The van der Waals surface area contributed by atoms with Crippen molar-refractivity contribution in [1.29, 1.82) is 0 Å². The van der Waals surface area contributed by atoms with Crippen molar-refractivity contribution < 1.29 is 9.53 Å². The van der Waals surface area contributed by atoms with Gasteiger partial charge in [-0.15, -0.1) is 12.4 Å². The molecule has 0 aromatic heterocycles. The van der Waals surface area contributed by atoms with Crippen LogP contribution in [0.2, 0.25) is 0 Å². The average molecular weight is 263 g/mol. The van der Waals surface area contributed by atoms with Crippen molar-refractivity contribution in [2.75, 3.05) is 39.4 Å². The van der Waals surface area contributed by atoms with E-state index in [1.54, 1.807) is 0 Å². The third kappa shape index (κ3) is 3.57. The Morgan fingerprint density at radius 1 is 1.35 bits per heavy atom. The number of carbonyl (C=O) groups is 1. The third-order valence-corrected chi connectivity index (χ3v) is 3.88. The van der Waals surface area contributed by atoms with Gasteiger partial charge in [-0.1, -0.05) is 0 Å². The number of carbonyl (C=O) groups excluding carboxylic acids is 1. The molecule has 0 radical (unpaired) electrons. The smallest absolute Gasteiger partial charge is 0.248 e. The van der Waals surface area contributed by atoms with Gasteiger partial charge in [0.05, 0.1) is 0 Å². The molecular formula is C12H23ClN2O2. The number of halogens is 1. The molecule has 1 spiro atoms. The summed E-state index contributed by atoms with van der Waals surface area (Å²) in [5.41, 5.74) is 0.410. The van der Waals surface area contributed by atoms with Crippen molar-refractivity contribution in [1.82, 2.24) is 10.2 Å². The molecule has 2 rings (SSSR count). The third-order valence-electron chi connectivity index (χ3n) is 3.88. The summed E-state index contributed by atoms with van der Waals surface area (Å²) in [4.78, 5) is 13.8. The van der Waals surface area contributed by atoms with Crippen LogP contribution in [0.4, 0.5) is 0 Å². The lowest BCUT2D eigenvalue weighted by Gasteiger charge is -2.33. The first-order valence-electron chi connectivity index (χ1n) is 6.32. The molecular weight excluding hydrogens is 240 g/mol. The van der Waals surface area contributed by atoms with E-state index in [1.807, 2.05) is 11.8 Å². The second kappa shape index (κ2) is 6.57. The molecule has 2 fully saturated rings. The van der Waals surface area contributed by atoms with Gasteiger partial charge in [0.1, 0.15) is 6.61 Å². The van der Waals surface area contributed by atoms with Gasteiger partial charge in [0.25, 0.3) is 0 Å². The first kappa shape index (κ1) is 14.7. The van der Waals surface area contributed by atoms with Gasteiger partial charge >= 0.3 is 0 Å². The molecule has 0 aromatic rings. The Morgan fingerprint density at radius 3 is 2.71 bits per heavy atom. The minimum atomic E-state index is 0. The van der Waals surface area contributed by atoms with E-state index in [9.17, 15) is 4.79 Å². The molecule has 2 heterocycles. The largest absolute Gasteiger partial charge is 0.372 e. The Kier molecular flexibility index (Phi) is 5.70. The fraction of sp³-hybridized carbons (Fsp3) is 0.917. The van der Waals surface area contributed by atoms with Crippen LogP contribution in [0, 0.1) is 5.41 Å². The van der Waals surface area contributed by atoms with Crippen LogP contribution in [0.25, 0.3) is 0 Å². The Bertz CT molecular complexity index is 255. The van der Waals surface area contributed by atoms with Crippen molar-refractivity contribution in [3.8, 4) is 0 Å². The number of amides is 1. The van der Waals surface area contributed by atoms with E-state index < -0.39 is 0 Å². The van der Waals surface area contributed by atoms with Crippen molar-refractivity contribution in [2.24, 2.45) is 5.41 Å². The molecule has 1 N–H and O–H groups in total. The lowest BCUT2D eigenvalue weighted by atomic mass is 9.78. The quantitative estimate of drug-likeness (QED) is 0.827. The summed E-state index contributed by atoms with van der Waals surface area (Å²) >= 11 is 0. The Labute approximate surface area is 109 Å². The molecule has 5 heteroatoms. The Balaban J connectivity index is 0.00000144. The van der Waals surface area contributed by atoms with Crippen LogP contribution in [0.5, 0.6) is 0 Å². The molecule has 0 bridgehead atoms.